The van der Waals surface area contributed by atoms with Crippen LogP contribution in [0.2, 0.25) is 5.02 Å². The molecule has 0 bridgehead atoms. The first-order valence-corrected chi connectivity index (χ1v) is 12.4. The number of hydrogen-bond acceptors (Lipinski definition) is 6. The Balaban J connectivity index is 1.30. The molecule has 1 aromatic heterocycles. The SMILES string of the molecule is C[C@@H]1CCc2ncnc(N3CCN(C(=O)[C@@H](CN4CC[C@H](O)C4)c4ccc(Cl)cc4)CC3)c21. The summed E-state index contributed by atoms with van der Waals surface area (Å²) in [5, 5.41) is 10.6. The molecule has 2 aliphatic heterocycles. The molecule has 3 aliphatic rings. The minimum absolute atomic E-state index is 0.152. The molecule has 7 nitrogen and oxygen atoms in total. The van der Waals surface area contributed by atoms with Crippen LogP contribution in [0.5, 0.6) is 0 Å². The summed E-state index contributed by atoms with van der Waals surface area (Å²) in [5.41, 5.74) is 3.46. The number of carbonyl (C=O) groups is 1. The summed E-state index contributed by atoms with van der Waals surface area (Å²) in [4.78, 5) is 29.3. The number of rotatable bonds is 5. The smallest absolute Gasteiger partial charge is 0.231 e. The Morgan fingerprint density at radius 3 is 2.58 bits per heavy atom. The number of aromatic nitrogens is 2. The Morgan fingerprint density at radius 1 is 1.12 bits per heavy atom. The number of likely N-dealkylation sites (tertiary alicyclic amines) is 1. The fraction of sp³-hybridized carbons (Fsp3) is 0.560. The van der Waals surface area contributed by atoms with Gasteiger partial charge in [0.1, 0.15) is 12.1 Å². The molecule has 0 spiro atoms. The van der Waals surface area contributed by atoms with Crippen molar-refractivity contribution in [3.8, 4) is 0 Å². The van der Waals surface area contributed by atoms with Crippen LogP contribution in [0.3, 0.4) is 0 Å². The number of carbonyl (C=O) groups excluding carboxylic acids is 1. The molecule has 2 aromatic rings. The van der Waals surface area contributed by atoms with E-state index in [1.54, 1.807) is 6.33 Å². The lowest BCUT2D eigenvalue weighted by Gasteiger charge is -2.38. The first-order valence-electron chi connectivity index (χ1n) is 12.0. The maximum Gasteiger partial charge on any atom is 0.231 e. The lowest BCUT2D eigenvalue weighted by atomic mass is 9.96. The second-order valence-electron chi connectivity index (χ2n) is 9.62. The topological polar surface area (TPSA) is 72.8 Å². The van der Waals surface area contributed by atoms with Crippen molar-refractivity contribution in [2.75, 3.05) is 50.7 Å². The highest BCUT2D eigenvalue weighted by Crippen LogP contribution is 2.37. The summed E-state index contributed by atoms with van der Waals surface area (Å²) in [6.45, 7) is 7.23. The molecule has 0 unspecified atom stereocenters. The van der Waals surface area contributed by atoms with Gasteiger partial charge in [-0.2, -0.15) is 0 Å². The van der Waals surface area contributed by atoms with Gasteiger partial charge in [0.15, 0.2) is 0 Å². The van der Waals surface area contributed by atoms with Crippen LogP contribution in [0.25, 0.3) is 0 Å². The van der Waals surface area contributed by atoms with Crippen molar-refractivity contribution in [3.05, 3.63) is 52.4 Å². The molecule has 1 amide bonds. The van der Waals surface area contributed by atoms with Crippen LogP contribution in [0.4, 0.5) is 5.82 Å². The molecule has 2 fully saturated rings. The van der Waals surface area contributed by atoms with Gasteiger partial charge in [0.2, 0.25) is 5.91 Å². The fourth-order valence-electron chi connectivity index (χ4n) is 5.49. The van der Waals surface area contributed by atoms with E-state index in [4.69, 9.17) is 11.6 Å². The highest BCUT2D eigenvalue weighted by atomic mass is 35.5. The lowest BCUT2D eigenvalue weighted by molar-refractivity contribution is -0.133. The monoisotopic (exact) mass is 469 g/mol. The molecule has 5 rings (SSSR count). The second-order valence-corrected chi connectivity index (χ2v) is 10.1. The number of anilines is 1. The molecular formula is C25H32ClN5O2. The van der Waals surface area contributed by atoms with Crippen LogP contribution in [-0.4, -0.2) is 82.7 Å². The fourth-order valence-corrected chi connectivity index (χ4v) is 5.62. The van der Waals surface area contributed by atoms with E-state index in [0.717, 1.165) is 50.3 Å². The van der Waals surface area contributed by atoms with Crippen LogP contribution >= 0.6 is 11.6 Å². The minimum Gasteiger partial charge on any atom is -0.392 e. The standard InChI is InChI=1S/C25H32ClN5O2/c1-17-2-7-22-23(17)24(28-16-27-22)30-10-12-31(13-11-30)25(33)21(15-29-9-8-20(32)14-29)18-3-5-19(26)6-4-18/h3-6,16-17,20-21,32H,2,7-15H2,1H3/t17-,20+,21+/m1/s1. The van der Waals surface area contributed by atoms with Crippen molar-refractivity contribution in [1.82, 2.24) is 19.8 Å². The zero-order valence-corrected chi connectivity index (χ0v) is 19.9. The summed E-state index contributed by atoms with van der Waals surface area (Å²) < 4.78 is 0. The third-order valence-electron chi connectivity index (χ3n) is 7.40. The van der Waals surface area contributed by atoms with Crippen molar-refractivity contribution >= 4 is 23.3 Å². The number of aliphatic hydroxyl groups is 1. The lowest BCUT2D eigenvalue weighted by Crippen LogP contribution is -2.51. The Hall–Kier alpha value is -2.22. The number of piperazine rings is 1. The number of hydrogen-bond donors (Lipinski definition) is 1. The third-order valence-corrected chi connectivity index (χ3v) is 7.65. The van der Waals surface area contributed by atoms with E-state index in [1.807, 2.05) is 29.2 Å². The summed E-state index contributed by atoms with van der Waals surface area (Å²) in [6.07, 6.45) is 4.31. The summed E-state index contributed by atoms with van der Waals surface area (Å²) >= 11 is 6.10. The molecule has 1 aromatic carbocycles. The molecule has 33 heavy (non-hydrogen) atoms. The van der Waals surface area contributed by atoms with Crippen molar-refractivity contribution in [1.29, 1.82) is 0 Å². The van der Waals surface area contributed by atoms with Gasteiger partial charge in [0.05, 0.1) is 12.0 Å². The molecule has 0 radical (unpaired) electrons. The van der Waals surface area contributed by atoms with E-state index in [1.165, 1.54) is 11.3 Å². The highest BCUT2D eigenvalue weighted by Gasteiger charge is 2.34. The highest BCUT2D eigenvalue weighted by molar-refractivity contribution is 6.30. The summed E-state index contributed by atoms with van der Waals surface area (Å²) in [6, 6.07) is 7.62. The van der Waals surface area contributed by atoms with Crippen LogP contribution in [0.15, 0.2) is 30.6 Å². The number of fused-ring (bicyclic) bond motifs is 1. The number of aliphatic hydroxyl groups excluding tert-OH is 1. The summed E-state index contributed by atoms with van der Waals surface area (Å²) in [7, 11) is 0. The van der Waals surface area contributed by atoms with Gasteiger partial charge in [0.25, 0.3) is 0 Å². The number of nitrogens with zero attached hydrogens (tertiary/aromatic N) is 5. The maximum absolute atomic E-state index is 13.7. The van der Waals surface area contributed by atoms with Crippen LogP contribution < -0.4 is 4.90 Å². The predicted molar refractivity (Wildman–Crippen MR) is 129 cm³/mol. The number of amides is 1. The molecule has 8 heteroatoms. The van der Waals surface area contributed by atoms with E-state index in [0.29, 0.717) is 37.1 Å². The predicted octanol–water partition coefficient (Wildman–Crippen LogP) is 2.68. The van der Waals surface area contributed by atoms with E-state index in [9.17, 15) is 9.90 Å². The van der Waals surface area contributed by atoms with Gasteiger partial charge in [-0.25, -0.2) is 9.97 Å². The molecular weight excluding hydrogens is 438 g/mol. The maximum atomic E-state index is 13.7. The van der Waals surface area contributed by atoms with Crippen LogP contribution in [-0.2, 0) is 11.2 Å². The Morgan fingerprint density at radius 2 is 1.88 bits per heavy atom. The van der Waals surface area contributed by atoms with Crippen molar-refractivity contribution in [3.63, 3.8) is 0 Å². The van der Waals surface area contributed by atoms with Crippen LogP contribution in [0.1, 0.15) is 48.4 Å². The van der Waals surface area contributed by atoms with Crippen molar-refractivity contribution < 1.29 is 9.90 Å². The second kappa shape index (κ2) is 9.57. The number of β-amino-alcohol motifs (C(OH)–C–C–N with tert-alkyl or cyclic N) is 1. The number of halogens is 1. The van der Waals surface area contributed by atoms with Crippen molar-refractivity contribution in [2.45, 2.75) is 44.1 Å². The van der Waals surface area contributed by atoms with Gasteiger partial charge < -0.3 is 14.9 Å². The molecule has 1 aliphatic carbocycles. The molecule has 176 valence electrons. The third kappa shape index (κ3) is 4.72. The molecule has 0 saturated carbocycles. The van der Waals surface area contributed by atoms with Gasteiger partial charge in [-0.15, -0.1) is 0 Å². The summed E-state index contributed by atoms with van der Waals surface area (Å²) in [5.74, 6) is 1.43. The van der Waals surface area contributed by atoms with E-state index in [-0.39, 0.29) is 17.9 Å². The van der Waals surface area contributed by atoms with Gasteiger partial charge in [-0.1, -0.05) is 30.7 Å². The zero-order chi connectivity index (χ0) is 22.9. The first kappa shape index (κ1) is 22.6. The quantitative estimate of drug-likeness (QED) is 0.725. The minimum atomic E-state index is -0.300. The van der Waals surface area contributed by atoms with E-state index >= 15 is 0 Å². The van der Waals surface area contributed by atoms with Gasteiger partial charge in [-0.3, -0.25) is 9.69 Å². The Bertz CT molecular complexity index is 993. The van der Waals surface area contributed by atoms with Gasteiger partial charge in [-0.05, 0) is 42.9 Å². The zero-order valence-electron chi connectivity index (χ0n) is 19.2. The Labute approximate surface area is 200 Å². The Kier molecular flexibility index (Phi) is 6.54. The first-order chi connectivity index (χ1) is 16.0. The van der Waals surface area contributed by atoms with Gasteiger partial charge >= 0.3 is 0 Å². The number of aryl methyl sites for hydroxylation is 1. The average molecular weight is 470 g/mol. The van der Waals surface area contributed by atoms with Crippen LogP contribution in [0, 0.1) is 0 Å². The largest absolute Gasteiger partial charge is 0.392 e. The average Bonchev–Trinajstić information content (AvgIpc) is 3.43. The molecule has 1 N–H and O–H groups in total. The van der Waals surface area contributed by atoms with E-state index < -0.39 is 0 Å². The molecule has 2 saturated heterocycles. The normalized spacial score (nSPS) is 24.2. The van der Waals surface area contributed by atoms with E-state index in [2.05, 4.69) is 26.7 Å². The molecule has 3 heterocycles. The molecule has 3 atom stereocenters. The van der Waals surface area contributed by atoms with Gasteiger partial charge in [0, 0.05) is 62.1 Å². The van der Waals surface area contributed by atoms with Crippen molar-refractivity contribution in [2.24, 2.45) is 0 Å². The number of benzene rings is 1.